The van der Waals surface area contributed by atoms with E-state index in [2.05, 4.69) is 22.5 Å². The highest BCUT2D eigenvalue weighted by Crippen LogP contribution is 2.18. The van der Waals surface area contributed by atoms with E-state index in [1.165, 1.54) is 12.1 Å². The van der Waals surface area contributed by atoms with Crippen LogP contribution in [0.5, 0.6) is 0 Å². The molecule has 0 amide bonds. The second-order valence-electron chi connectivity index (χ2n) is 5.66. The highest BCUT2D eigenvalue weighted by molar-refractivity contribution is 7.99. The van der Waals surface area contributed by atoms with Gasteiger partial charge < -0.3 is 20.1 Å². The van der Waals surface area contributed by atoms with Crippen molar-refractivity contribution < 1.29 is 13.9 Å². The van der Waals surface area contributed by atoms with Gasteiger partial charge in [0.1, 0.15) is 5.82 Å². The van der Waals surface area contributed by atoms with Crippen molar-refractivity contribution in [2.75, 3.05) is 52.3 Å². The van der Waals surface area contributed by atoms with E-state index < -0.39 is 0 Å². The number of ether oxygens (including phenoxy) is 2. The zero-order valence-corrected chi connectivity index (χ0v) is 16.7. The van der Waals surface area contributed by atoms with Crippen molar-refractivity contribution >= 4 is 17.7 Å². The summed E-state index contributed by atoms with van der Waals surface area (Å²) in [7, 11) is 1.68. The fourth-order valence-corrected chi connectivity index (χ4v) is 2.94. The first-order chi connectivity index (χ1) is 12.8. The molecular formula is C19H32FN3O2S. The van der Waals surface area contributed by atoms with Gasteiger partial charge in [0.15, 0.2) is 5.96 Å². The number of aliphatic imine (C=N–C) groups is 1. The third-order valence-corrected chi connectivity index (χ3v) is 4.54. The molecule has 0 spiro atoms. The Hall–Kier alpha value is -1.31. The van der Waals surface area contributed by atoms with Crippen LogP contribution in [-0.2, 0) is 9.47 Å². The van der Waals surface area contributed by atoms with Crippen LogP contribution in [0.1, 0.15) is 26.2 Å². The largest absolute Gasteiger partial charge is 0.382 e. The van der Waals surface area contributed by atoms with E-state index in [0.29, 0.717) is 13.2 Å². The normalized spacial score (nSPS) is 11.6. The number of methoxy groups -OCH3 is 1. The van der Waals surface area contributed by atoms with Crippen LogP contribution < -0.4 is 10.6 Å². The molecule has 1 rings (SSSR count). The van der Waals surface area contributed by atoms with Gasteiger partial charge in [0.25, 0.3) is 0 Å². The number of benzene rings is 1. The standard InChI is InChI=1S/C19H32FN3O2S/c1-3-21-19(22-11-4-5-13-25-15-14-24-2)23-12-6-16-26-18-9-7-17(20)8-10-18/h7-10H,3-6,11-16H2,1-2H3,(H2,21,22,23). The van der Waals surface area contributed by atoms with Crippen LogP contribution in [0, 0.1) is 5.82 Å². The van der Waals surface area contributed by atoms with Crippen LogP contribution >= 0.6 is 11.8 Å². The fourth-order valence-electron chi connectivity index (χ4n) is 2.10. The lowest BCUT2D eigenvalue weighted by atomic mass is 10.3. The number of guanidine groups is 1. The number of halogens is 1. The first-order valence-corrected chi connectivity index (χ1v) is 10.2. The third-order valence-electron chi connectivity index (χ3n) is 3.44. The van der Waals surface area contributed by atoms with Gasteiger partial charge >= 0.3 is 0 Å². The summed E-state index contributed by atoms with van der Waals surface area (Å²) in [5.41, 5.74) is 0. The van der Waals surface area contributed by atoms with E-state index in [-0.39, 0.29) is 5.82 Å². The lowest BCUT2D eigenvalue weighted by molar-refractivity contribution is 0.0689. The molecule has 1 aromatic rings. The first-order valence-electron chi connectivity index (χ1n) is 9.23. The summed E-state index contributed by atoms with van der Waals surface area (Å²) < 4.78 is 23.2. The highest BCUT2D eigenvalue weighted by atomic mass is 32.2. The molecule has 5 nitrogen and oxygen atoms in total. The molecule has 0 fully saturated rings. The highest BCUT2D eigenvalue weighted by Gasteiger charge is 1.98. The van der Waals surface area contributed by atoms with Crippen molar-refractivity contribution in [2.24, 2.45) is 4.99 Å². The van der Waals surface area contributed by atoms with E-state index in [9.17, 15) is 4.39 Å². The van der Waals surface area contributed by atoms with Gasteiger partial charge in [-0.1, -0.05) is 0 Å². The smallest absolute Gasteiger partial charge is 0.191 e. The maximum absolute atomic E-state index is 12.9. The van der Waals surface area contributed by atoms with Gasteiger partial charge in [-0.3, -0.25) is 4.99 Å². The number of thioether (sulfide) groups is 1. The van der Waals surface area contributed by atoms with Crippen molar-refractivity contribution in [3.8, 4) is 0 Å². The molecule has 0 unspecified atom stereocenters. The molecule has 0 radical (unpaired) electrons. The molecule has 0 aliphatic carbocycles. The Morgan fingerprint density at radius 3 is 2.62 bits per heavy atom. The van der Waals surface area contributed by atoms with Crippen molar-refractivity contribution in [1.29, 1.82) is 0 Å². The summed E-state index contributed by atoms with van der Waals surface area (Å²) in [5.74, 6) is 1.63. The molecule has 7 heteroatoms. The Morgan fingerprint density at radius 2 is 1.88 bits per heavy atom. The summed E-state index contributed by atoms with van der Waals surface area (Å²) in [4.78, 5) is 5.68. The Balaban J connectivity index is 2.11. The molecule has 2 N–H and O–H groups in total. The monoisotopic (exact) mass is 385 g/mol. The quantitative estimate of drug-likeness (QED) is 0.223. The summed E-state index contributed by atoms with van der Waals surface area (Å²) in [5, 5.41) is 6.61. The molecule has 1 aromatic carbocycles. The van der Waals surface area contributed by atoms with Crippen molar-refractivity contribution in [3.05, 3.63) is 30.1 Å². The minimum absolute atomic E-state index is 0.193. The molecule has 26 heavy (non-hydrogen) atoms. The summed E-state index contributed by atoms with van der Waals surface area (Å²) >= 11 is 1.73. The first kappa shape index (κ1) is 22.7. The topological polar surface area (TPSA) is 54.9 Å². The van der Waals surface area contributed by atoms with E-state index in [1.807, 2.05) is 12.1 Å². The molecule has 0 aliphatic rings. The Kier molecular flexibility index (Phi) is 13.9. The van der Waals surface area contributed by atoms with Crippen LogP contribution in [0.25, 0.3) is 0 Å². The number of nitrogens with one attached hydrogen (secondary N) is 2. The molecule has 0 bridgehead atoms. The maximum atomic E-state index is 12.9. The number of nitrogens with zero attached hydrogens (tertiary/aromatic N) is 1. The minimum atomic E-state index is -0.193. The van der Waals surface area contributed by atoms with Crippen molar-refractivity contribution in [1.82, 2.24) is 10.6 Å². The number of unbranched alkanes of at least 4 members (excludes halogenated alkanes) is 1. The van der Waals surface area contributed by atoms with Gasteiger partial charge in [0, 0.05) is 38.2 Å². The van der Waals surface area contributed by atoms with Gasteiger partial charge in [-0.15, -0.1) is 11.8 Å². The average molecular weight is 386 g/mol. The van der Waals surface area contributed by atoms with E-state index in [1.54, 1.807) is 18.9 Å². The molecule has 0 aromatic heterocycles. The number of hydrogen-bond donors (Lipinski definition) is 2. The van der Waals surface area contributed by atoms with Crippen molar-refractivity contribution in [3.63, 3.8) is 0 Å². The Bertz CT molecular complexity index is 486. The minimum Gasteiger partial charge on any atom is -0.382 e. The molecular weight excluding hydrogens is 353 g/mol. The third kappa shape index (κ3) is 12.1. The maximum Gasteiger partial charge on any atom is 0.191 e. The summed E-state index contributed by atoms with van der Waals surface area (Å²) in [6.07, 6.45) is 3.04. The summed E-state index contributed by atoms with van der Waals surface area (Å²) in [6, 6.07) is 6.62. The molecule has 0 saturated carbocycles. The van der Waals surface area contributed by atoms with Crippen LogP contribution in [0.2, 0.25) is 0 Å². The van der Waals surface area contributed by atoms with Crippen LogP contribution in [0.4, 0.5) is 4.39 Å². The molecule has 0 saturated heterocycles. The second-order valence-corrected chi connectivity index (χ2v) is 6.82. The van der Waals surface area contributed by atoms with Crippen molar-refractivity contribution in [2.45, 2.75) is 31.1 Å². The molecule has 148 valence electrons. The lowest BCUT2D eigenvalue weighted by Crippen LogP contribution is -2.38. The molecule has 0 atom stereocenters. The van der Waals surface area contributed by atoms with E-state index in [4.69, 9.17) is 9.47 Å². The predicted molar refractivity (Wildman–Crippen MR) is 108 cm³/mol. The lowest BCUT2D eigenvalue weighted by Gasteiger charge is -2.11. The van der Waals surface area contributed by atoms with Gasteiger partial charge in [-0.2, -0.15) is 0 Å². The van der Waals surface area contributed by atoms with Gasteiger partial charge in [-0.25, -0.2) is 4.39 Å². The van der Waals surface area contributed by atoms with E-state index >= 15 is 0 Å². The second kappa shape index (κ2) is 15.9. The van der Waals surface area contributed by atoms with Gasteiger partial charge in [0.05, 0.1) is 13.2 Å². The van der Waals surface area contributed by atoms with Crippen LogP contribution in [0.15, 0.2) is 34.2 Å². The zero-order valence-electron chi connectivity index (χ0n) is 15.9. The predicted octanol–water partition coefficient (Wildman–Crippen LogP) is 3.31. The molecule has 0 aliphatic heterocycles. The van der Waals surface area contributed by atoms with Gasteiger partial charge in [0.2, 0.25) is 0 Å². The molecule has 0 heterocycles. The van der Waals surface area contributed by atoms with Crippen LogP contribution in [0.3, 0.4) is 0 Å². The van der Waals surface area contributed by atoms with E-state index in [0.717, 1.165) is 62.1 Å². The zero-order chi connectivity index (χ0) is 18.9. The SMILES string of the molecule is CCNC(=NCCCSc1ccc(F)cc1)NCCCCOCCOC. The van der Waals surface area contributed by atoms with Gasteiger partial charge in [-0.05, 0) is 56.2 Å². The van der Waals surface area contributed by atoms with Crippen LogP contribution in [-0.4, -0.2) is 58.3 Å². The average Bonchev–Trinajstić information content (AvgIpc) is 2.65. The number of hydrogen-bond acceptors (Lipinski definition) is 4. The Morgan fingerprint density at radius 1 is 1.08 bits per heavy atom. The number of rotatable bonds is 14. The summed E-state index contributed by atoms with van der Waals surface area (Å²) in [6.45, 7) is 6.62. The fraction of sp³-hybridized carbons (Fsp3) is 0.632. The Labute approximate surface area is 161 Å².